The summed E-state index contributed by atoms with van der Waals surface area (Å²) in [6.45, 7) is 0.667. The van der Waals surface area contributed by atoms with Crippen molar-refractivity contribution < 1.29 is 111 Å². The number of aliphatic hydroxyl groups excluding tert-OH is 10. The third-order valence-corrected chi connectivity index (χ3v) is 9.59. The largest absolute Gasteiger partial charge is 0.397 e. The number of hydrogen-bond acceptors (Lipinski definition) is 22. The molecule has 4 heterocycles. The molecule has 0 aromatic carbocycles. The van der Waals surface area contributed by atoms with Crippen LogP contribution in [0.4, 0.5) is 0 Å². The molecule has 4 saturated heterocycles. The quantitative estimate of drug-likeness (QED) is 0.0768. The molecule has 4 fully saturated rings. The summed E-state index contributed by atoms with van der Waals surface area (Å²) in [5, 5.41) is 110. The van der Waals surface area contributed by atoms with Gasteiger partial charge in [-0.1, -0.05) is 0 Å². The van der Waals surface area contributed by atoms with Gasteiger partial charge in [0.2, 0.25) is 11.8 Å². The third kappa shape index (κ3) is 10.5. The Kier molecular flexibility index (Phi) is 15.4. The molecule has 0 aromatic heterocycles. The van der Waals surface area contributed by atoms with Gasteiger partial charge < -0.3 is 94.9 Å². The first-order valence-electron chi connectivity index (χ1n) is 16.6. The van der Waals surface area contributed by atoms with E-state index in [-0.39, 0.29) is 0 Å². The molecule has 2 amide bonds. The van der Waals surface area contributed by atoms with Crippen LogP contribution in [0.3, 0.4) is 0 Å². The van der Waals surface area contributed by atoms with E-state index in [4.69, 9.17) is 37.7 Å². The molecule has 0 radical (unpaired) electrons. The van der Waals surface area contributed by atoms with Crippen molar-refractivity contribution in [2.24, 2.45) is 0 Å². The van der Waals surface area contributed by atoms with Crippen LogP contribution in [0, 0.1) is 0 Å². The first-order valence-corrected chi connectivity index (χ1v) is 18.0. The lowest BCUT2D eigenvalue weighted by atomic mass is 9.94. The van der Waals surface area contributed by atoms with Crippen molar-refractivity contribution in [3.63, 3.8) is 0 Å². The number of aliphatic hydroxyl groups is 10. The Hall–Kier alpha value is -1.87. The molecular formula is C28H48N2O23S. The van der Waals surface area contributed by atoms with Gasteiger partial charge in [-0.3, -0.25) is 14.1 Å². The second-order valence-electron chi connectivity index (χ2n) is 13.2. The van der Waals surface area contributed by atoms with Gasteiger partial charge >= 0.3 is 10.4 Å². The lowest BCUT2D eigenvalue weighted by molar-refractivity contribution is -0.352. The van der Waals surface area contributed by atoms with Gasteiger partial charge in [-0.25, -0.2) is 4.18 Å². The van der Waals surface area contributed by atoms with Crippen molar-refractivity contribution in [1.82, 2.24) is 10.6 Å². The van der Waals surface area contributed by atoms with Gasteiger partial charge in [-0.15, -0.1) is 0 Å². The summed E-state index contributed by atoms with van der Waals surface area (Å²) >= 11 is 0. The van der Waals surface area contributed by atoms with Crippen LogP contribution >= 0.6 is 0 Å². The van der Waals surface area contributed by atoms with Crippen LogP contribution in [0.2, 0.25) is 0 Å². The molecule has 25 nitrogen and oxygen atoms in total. The first-order chi connectivity index (χ1) is 25.1. The van der Waals surface area contributed by atoms with E-state index in [1.807, 2.05) is 0 Å². The van der Waals surface area contributed by atoms with Crippen LogP contribution in [0.5, 0.6) is 0 Å². The Bertz CT molecular complexity index is 1360. The summed E-state index contributed by atoms with van der Waals surface area (Å²) in [6, 6.07) is -3.18. The van der Waals surface area contributed by atoms with E-state index in [0.717, 1.165) is 13.8 Å². The highest BCUT2D eigenvalue weighted by Gasteiger charge is 2.54. The van der Waals surface area contributed by atoms with Gasteiger partial charge in [-0.05, 0) is 6.92 Å². The molecule has 314 valence electrons. The summed E-state index contributed by atoms with van der Waals surface area (Å²) in [5.41, 5.74) is 0. The fraction of sp³-hybridized carbons (Fsp3) is 0.929. The SMILES string of the molecule is CC(=O)N[C@@H]1[C@@H](O[C@@H]2O[C@H](CO)[C@H](O)[C@H](O)[C@H]2O)[C@@H](O)[C@@H](CO[C@@H]2O[C@H](COS(=O)(=O)O)[C@@H](O)[C@H](O[C@@H]3O[C@@H](C)[C@@H](O)[C@@H](O)[C@@H]3O)[C@H]2NC(C)=O)O[C@H]1O. The van der Waals surface area contributed by atoms with Gasteiger partial charge in [0.1, 0.15) is 91.4 Å². The van der Waals surface area contributed by atoms with Crippen molar-refractivity contribution in [1.29, 1.82) is 0 Å². The van der Waals surface area contributed by atoms with E-state index in [1.165, 1.54) is 6.92 Å². The zero-order chi connectivity index (χ0) is 40.4. The fourth-order valence-electron chi connectivity index (χ4n) is 6.33. The van der Waals surface area contributed by atoms with E-state index in [0.29, 0.717) is 0 Å². The molecule has 4 aliphatic heterocycles. The van der Waals surface area contributed by atoms with Gasteiger partial charge in [0.15, 0.2) is 25.2 Å². The van der Waals surface area contributed by atoms with Crippen LogP contribution in [0.15, 0.2) is 0 Å². The Morgan fingerprint density at radius 3 is 1.63 bits per heavy atom. The highest BCUT2D eigenvalue weighted by atomic mass is 32.3. The second kappa shape index (κ2) is 18.6. The van der Waals surface area contributed by atoms with Gasteiger partial charge in [-0.2, -0.15) is 8.42 Å². The minimum absolute atomic E-state index is 0.744. The Morgan fingerprint density at radius 1 is 0.611 bits per heavy atom. The molecule has 13 N–H and O–H groups in total. The zero-order valence-electron chi connectivity index (χ0n) is 28.9. The molecule has 4 rings (SSSR count). The molecule has 0 aliphatic carbocycles. The smallest absolute Gasteiger partial charge is 0.394 e. The minimum Gasteiger partial charge on any atom is -0.394 e. The van der Waals surface area contributed by atoms with Crippen molar-refractivity contribution in [2.75, 3.05) is 19.8 Å². The molecule has 54 heavy (non-hydrogen) atoms. The number of nitrogens with one attached hydrogen (secondary N) is 2. The molecule has 0 unspecified atom stereocenters. The number of ether oxygens (including phenoxy) is 7. The van der Waals surface area contributed by atoms with Crippen LogP contribution in [0.25, 0.3) is 0 Å². The summed E-state index contributed by atoms with van der Waals surface area (Å²) in [6.07, 6.45) is -31.8. The molecular weight excluding hydrogens is 764 g/mol. The lowest BCUT2D eigenvalue weighted by Gasteiger charge is -2.48. The Balaban J connectivity index is 1.60. The summed E-state index contributed by atoms with van der Waals surface area (Å²) in [5.74, 6) is -1.53. The highest BCUT2D eigenvalue weighted by Crippen LogP contribution is 2.32. The topological polar surface area (TPSA) is 389 Å². The van der Waals surface area contributed by atoms with E-state index in [2.05, 4.69) is 14.8 Å². The summed E-state index contributed by atoms with van der Waals surface area (Å²) in [4.78, 5) is 24.3. The maximum atomic E-state index is 12.3. The molecule has 4 aliphatic rings. The molecule has 0 aromatic rings. The van der Waals surface area contributed by atoms with Crippen molar-refractivity contribution in [3.05, 3.63) is 0 Å². The fourth-order valence-corrected chi connectivity index (χ4v) is 6.63. The average Bonchev–Trinajstić information content (AvgIpc) is 3.09. The van der Waals surface area contributed by atoms with Crippen molar-refractivity contribution in [2.45, 2.75) is 143 Å². The molecule has 20 atom stereocenters. The normalized spacial score (nSPS) is 46.1. The predicted molar refractivity (Wildman–Crippen MR) is 166 cm³/mol. The minimum atomic E-state index is -5.13. The number of carbonyl (C=O) groups excluding carboxylic acids is 2. The molecule has 0 bridgehead atoms. The average molecular weight is 813 g/mol. The molecule has 0 spiro atoms. The monoisotopic (exact) mass is 812 g/mol. The first kappa shape index (κ1) is 44.8. The number of hydrogen-bond donors (Lipinski definition) is 13. The zero-order valence-corrected chi connectivity index (χ0v) is 29.7. The van der Waals surface area contributed by atoms with Crippen LogP contribution in [0.1, 0.15) is 20.8 Å². The summed E-state index contributed by atoms with van der Waals surface area (Å²) < 4.78 is 75.5. The maximum absolute atomic E-state index is 12.3. The third-order valence-electron chi connectivity index (χ3n) is 9.15. The van der Waals surface area contributed by atoms with Crippen LogP contribution in [-0.2, 0) is 57.3 Å². The predicted octanol–water partition coefficient (Wildman–Crippen LogP) is -8.61. The van der Waals surface area contributed by atoms with Gasteiger partial charge in [0, 0.05) is 13.8 Å². The maximum Gasteiger partial charge on any atom is 0.397 e. The Labute approximate surface area is 307 Å². The second-order valence-corrected chi connectivity index (χ2v) is 14.3. The van der Waals surface area contributed by atoms with E-state index in [1.54, 1.807) is 0 Å². The van der Waals surface area contributed by atoms with Crippen LogP contribution < -0.4 is 10.6 Å². The number of amides is 2. The number of carbonyl (C=O) groups is 2. The standard InChI is InChI=1S/C28H48N2O23S/c1-7-15(34)19(38)21(40)27(48-7)53-24-14(30-9(3)33)26(51-12(18(24)37)6-47-54(43,44)45)46-5-11-17(36)23(13(25(42)49-11)29-8(2)32)52-28-22(41)20(39)16(35)10(4-31)50-28/h7,10-28,31,34-42H,4-6H2,1-3H3,(H,29,32)(H,30,33)(H,43,44,45)/t7-,10+,11+,12+,13+,14+,15+,16-,17-,18+,19+,20-,21-,22+,23+,24+,25+,26+,27-,28-/m0/s1. The highest BCUT2D eigenvalue weighted by molar-refractivity contribution is 7.80. The Morgan fingerprint density at radius 2 is 1.09 bits per heavy atom. The van der Waals surface area contributed by atoms with E-state index in [9.17, 15) is 69.1 Å². The van der Waals surface area contributed by atoms with Crippen molar-refractivity contribution >= 4 is 22.2 Å². The van der Waals surface area contributed by atoms with E-state index < -0.39 is 165 Å². The van der Waals surface area contributed by atoms with Gasteiger partial charge in [0.05, 0.1) is 25.9 Å². The number of rotatable bonds is 13. The summed E-state index contributed by atoms with van der Waals surface area (Å²) in [7, 11) is -5.13. The molecule has 26 heteroatoms. The van der Waals surface area contributed by atoms with E-state index >= 15 is 0 Å². The van der Waals surface area contributed by atoms with Crippen LogP contribution in [-0.4, -0.2) is 218 Å². The van der Waals surface area contributed by atoms with Crippen molar-refractivity contribution in [3.8, 4) is 0 Å². The molecule has 0 saturated carbocycles. The lowest BCUT2D eigenvalue weighted by Crippen LogP contribution is -2.69. The van der Waals surface area contributed by atoms with Gasteiger partial charge in [0.25, 0.3) is 0 Å².